The number of benzene rings is 1. The van der Waals surface area contributed by atoms with Gasteiger partial charge in [-0.05, 0) is 39.0 Å². The first kappa shape index (κ1) is 14.4. The van der Waals surface area contributed by atoms with Crippen molar-refractivity contribution in [3.63, 3.8) is 0 Å². The maximum Gasteiger partial charge on any atom is 0.247 e. The van der Waals surface area contributed by atoms with Gasteiger partial charge >= 0.3 is 0 Å². The van der Waals surface area contributed by atoms with Crippen LogP contribution in [0.4, 0.5) is 11.4 Å². The highest BCUT2D eigenvalue weighted by Crippen LogP contribution is 2.24. The lowest BCUT2D eigenvalue weighted by molar-refractivity contribution is -0.118. The highest BCUT2D eigenvalue weighted by atomic mass is 35.5. The number of anilines is 2. The summed E-state index contributed by atoms with van der Waals surface area (Å²) in [5.41, 5.74) is 8.69. The van der Waals surface area contributed by atoms with Gasteiger partial charge in [0, 0.05) is 10.7 Å². The highest BCUT2D eigenvalue weighted by molar-refractivity contribution is 6.31. The van der Waals surface area contributed by atoms with Crippen LogP contribution in [0.3, 0.4) is 0 Å². The summed E-state index contributed by atoms with van der Waals surface area (Å²) in [7, 11) is 0. The van der Waals surface area contributed by atoms with E-state index in [0.29, 0.717) is 16.4 Å². The molecule has 1 aromatic heterocycles. The summed E-state index contributed by atoms with van der Waals surface area (Å²) in [6.07, 6.45) is 1.66. The second kappa shape index (κ2) is 5.54. The normalized spacial score (nSPS) is 12.2. The molecule has 0 aliphatic rings. The van der Waals surface area contributed by atoms with E-state index in [1.54, 1.807) is 24.5 Å². The first-order chi connectivity index (χ1) is 9.40. The second-order valence-corrected chi connectivity index (χ2v) is 5.16. The third kappa shape index (κ3) is 2.77. The largest absolute Gasteiger partial charge is 0.397 e. The van der Waals surface area contributed by atoms with Gasteiger partial charge < -0.3 is 15.6 Å². The van der Waals surface area contributed by atoms with Crippen LogP contribution in [-0.2, 0) is 4.79 Å². The van der Waals surface area contributed by atoms with Crippen molar-refractivity contribution < 1.29 is 4.79 Å². The van der Waals surface area contributed by atoms with Crippen molar-refractivity contribution in [1.82, 2.24) is 9.55 Å². The van der Waals surface area contributed by atoms with Crippen LogP contribution >= 0.6 is 11.6 Å². The zero-order chi connectivity index (χ0) is 14.9. The number of nitrogens with two attached hydrogens (primary N) is 1. The third-order valence-electron chi connectivity index (χ3n) is 3.36. The Labute approximate surface area is 122 Å². The number of rotatable bonds is 3. The van der Waals surface area contributed by atoms with E-state index in [-0.39, 0.29) is 11.9 Å². The number of amides is 1. The molecule has 0 bridgehead atoms. The third-order valence-corrected chi connectivity index (χ3v) is 3.59. The number of aromatic nitrogens is 2. The maximum atomic E-state index is 12.3. The number of halogens is 1. The summed E-state index contributed by atoms with van der Waals surface area (Å²) in [5.74, 6) is -0.167. The molecule has 1 aromatic carbocycles. The minimum absolute atomic E-state index is 0.167. The molecule has 2 rings (SSSR count). The van der Waals surface area contributed by atoms with Crippen molar-refractivity contribution in [2.75, 3.05) is 11.1 Å². The van der Waals surface area contributed by atoms with E-state index in [4.69, 9.17) is 17.3 Å². The van der Waals surface area contributed by atoms with Gasteiger partial charge in [-0.1, -0.05) is 11.6 Å². The Bertz CT molecular complexity index is 651. The van der Waals surface area contributed by atoms with E-state index in [2.05, 4.69) is 10.3 Å². The van der Waals surface area contributed by atoms with Gasteiger partial charge in [0.15, 0.2) is 0 Å². The molecular formula is C14H17ClN4O. The van der Waals surface area contributed by atoms with E-state index < -0.39 is 0 Å². The van der Waals surface area contributed by atoms with Crippen LogP contribution in [-0.4, -0.2) is 15.5 Å². The van der Waals surface area contributed by atoms with Crippen LogP contribution in [0, 0.1) is 13.8 Å². The van der Waals surface area contributed by atoms with Gasteiger partial charge in [0.2, 0.25) is 5.91 Å². The number of nitrogens with zero attached hydrogens (tertiary/aromatic N) is 2. The van der Waals surface area contributed by atoms with E-state index in [9.17, 15) is 4.79 Å². The van der Waals surface area contributed by atoms with Crippen molar-refractivity contribution in [1.29, 1.82) is 0 Å². The van der Waals surface area contributed by atoms with E-state index >= 15 is 0 Å². The molecule has 3 N–H and O–H groups in total. The van der Waals surface area contributed by atoms with Crippen molar-refractivity contribution in [2.45, 2.75) is 26.8 Å². The van der Waals surface area contributed by atoms with Gasteiger partial charge in [0.05, 0.1) is 23.4 Å². The molecule has 20 heavy (non-hydrogen) atoms. The Balaban J connectivity index is 2.20. The minimum atomic E-state index is -0.380. The summed E-state index contributed by atoms with van der Waals surface area (Å²) in [5, 5.41) is 3.31. The molecule has 2 aromatic rings. The zero-order valence-corrected chi connectivity index (χ0v) is 12.4. The molecule has 1 unspecified atom stereocenters. The van der Waals surface area contributed by atoms with Crippen LogP contribution < -0.4 is 11.1 Å². The second-order valence-electron chi connectivity index (χ2n) is 4.72. The summed E-state index contributed by atoms with van der Waals surface area (Å²) in [6, 6.07) is 4.59. The van der Waals surface area contributed by atoms with Crippen LogP contribution in [0.5, 0.6) is 0 Å². The van der Waals surface area contributed by atoms with Gasteiger partial charge in [-0.25, -0.2) is 4.98 Å². The first-order valence-corrected chi connectivity index (χ1v) is 6.64. The summed E-state index contributed by atoms with van der Waals surface area (Å²) in [6.45, 7) is 5.65. The van der Waals surface area contributed by atoms with E-state index in [0.717, 1.165) is 11.4 Å². The lowest BCUT2D eigenvalue weighted by Gasteiger charge is -2.16. The van der Waals surface area contributed by atoms with Gasteiger partial charge in [-0.3, -0.25) is 4.79 Å². The Kier molecular flexibility index (Phi) is 3.99. The maximum absolute atomic E-state index is 12.3. The molecule has 5 nitrogen and oxygen atoms in total. The summed E-state index contributed by atoms with van der Waals surface area (Å²) in [4.78, 5) is 16.5. The van der Waals surface area contributed by atoms with Crippen molar-refractivity contribution in [3.8, 4) is 0 Å². The van der Waals surface area contributed by atoms with Crippen LogP contribution in [0.25, 0.3) is 0 Å². The van der Waals surface area contributed by atoms with Crippen LogP contribution in [0.2, 0.25) is 5.02 Å². The Hall–Kier alpha value is -2.01. The number of hydrogen-bond donors (Lipinski definition) is 2. The molecule has 1 atom stereocenters. The molecule has 0 aliphatic carbocycles. The molecule has 1 heterocycles. The summed E-state index contributed by atoms with van der Waals surface area (Å²) < 4.78 is 1.82. The number of carbonyl (C=O) groups excluding carboxylic acids is 1. The fraction of sp³-hybridized carbons (Fsp3) is 0.286. The van der Waals surface area contributed by atoms with Crippen molar-refractivity contribution in [2.24, 2.45) is 0 Å². The van der Waals surface area contributed by atoms with E-state index in [1.165, 1.54) is 0 Å². The SMILES string of the molecule is Cc1ncn(C(C)C(=O)Nc2cc(Cl)ccc2N)c1C. The number of nitrogens with one attached hydrogen (secondary N) is 1. The van der Waals surface area contributed by atoms with Gasteiger partial charge in [-0.2, -0.15) is 0 Å². The molecule has 0 saturated heterocycles. The monoisotopic (exact) mass is 292 g/mol. The molecule has 1 amide bonds. The van der Waals surface area contributed by atoms with Gasteiger partial charge in [-0.15, -0.1) is 0 Å². The predicted octanol–water partition coefficient (Wildman–Crippen LogP) is 2.94. The molecule has 6 heteroatoms. The Morgan fingerprint density at radius 1 is 1.45 bits per heavy atom. The van der Waals surface area contributed by atoms with Crippen LogP contribution in [0.1, 0.15) is 24.4 Å². The standard InChI is InChI=1S/C14H17ClN4O/c1-8-9(2)19(7-17-8)10(3)14(20)18-13-6-11(15)4-5-12(13)16/h4-7,10H,16H2,1-3H3,(H,18,20). The topological polar surface area (TPSA) is 72.9 Å². The average Bonchev–Trinajstić information content (AvgIpc) is 2.73. The van der Waals surface area contributed by atoms with Crippen LogP contribution in [0.15, 0.2) is 24.5 Å². The lowest BCUT2D eigenvalue weighted by atomic mass is 10.2. The van der Waals surface area contributed by atoms with Gasteiger partial charge in [0.1, 0.15) is 6.04 Å². The zero-order valence-electron chi connectivity index (χ0n) is 11.6. The first-order valence-electron chi connectivity index (χ1n) is 6.26. The molecule has 0 aliphatic heterocycles. The molecule has 106 valence electrons. The fourth-order valence-corrected chi connectivity index (χ4v) is 2.08. The Morgan fingerprint density at radius 2 is 2.15 bits per heavy atom. The quantitative estimate of drug-likeness (QED) is 0.854. The smallest absolute Gasteiger partial charge is 0.247 e. The number of aryl methyl sites for hydroxylation is 1. The fourth-order valence-electron chi connectivity index (χ4n) is 1.91. The number of carbonyl (C=O) groups is 1. The summed E-state index contributed by atoms with van der Waals surface area (Å²) >= 11 is 5.90. The molecule has 0 spiro atoms. The Morgan fingerprint density at radius 3 is 2.75 bits per heavy atom. The molecular weight excluding hydrogens is 276 g/mol. The minimum Gasteiger partial charge on any atom is -0.397 e. The lowest BCUT2D eigenvalue weighted by Crippen LogP contribution is -2.24. The van der Waals surface area contributed by atoms with Crippen molar-refractivity contribution in [3.05, 3.63) is 40.9 Å². The number of nitrogen functional groups attached to an aromatic ring is 1. The average molecular weight is 293 g/mol. The molecule has 0 fully saturated rings. The molecule has 0 radical (unpaired) electrons. The van der Waals surface area contributed by atoms with Gasteiger partial charge in [0.25, 0.3) is 0 Å². The van der Waals surface area contributed by atoms with E-state index in [1.807, 2.05) is 25.3 Å². The van der Waals surface area contributed by atoms with Crippen molar-refractivity contribution >= 4 is 28.9 Å². The molecule has 0 saturated carbocycles. The predicted molar refractivity (Wildman–Crippen MR) is 80.9 cm³/mol. The highest BCUT2D eigenvalue weighted by Gasteiger charge is 2.18. The number of hydrogen-bond acceptors (Lipinski definition) is 3. The number of imidazole rings is 1.